The molecule has 0 spiro atoms. The molecule has 20 heavy (non-hydrogen) atoms. The lowest BCUT2D eigenvalue weighted by Gasteiger charge is -2.12. The lowest BCUT2D eigenvalue weighted by molar-refractivity contribution is 0.0695. The van der Waals surface area contributed by atoms with Gasteiger partial charge in [-0.1, -0.05) is 18.7 Å². The summed E-state index contributed by atoms with van der Waals surface area (Å²) in [4.78, 5) is 31.6. The summed E-state index contributed by atoms with van der Waals surface area (Å²) in [7, 11) is 0. The maximum atomic E-state index is 12.2. The predicted octanol–water partition coefficient (Wildman–Crippen LogP) is 1.20. The maximum Gasteiger partial charge on any atom is 0.341 e. The number of fused-ring (bicyclic) bond motifs is 1. The van der Waals surface area contributed by atoms with E-state index in [0.717, 1.165) is 6.42 Å². The van der Waals surface area contributed by atoms with Crippen molar-refractivity contribution in [3.05, 3.63) is 22.0 Å². The second-order valence-electron chi connectivity index (χ2n) is 4.16. The van der Waals surface area contributed by atoms with Crippen LogP contribution in [0, 0.1) is 0 Å². The van der Waals surface area contributed by atoms with E-state index in [2.05, 4.69) is 9.97 Å². The number of aromatic nitrogens is 3. The number of carbonyl (C=O) groups is 1. The van der Waals surface area contributed by atoms with E-state index in [9.17, 15) is 9.59 Å². The van der Waals surface area contributed by atoms with Crippen molar-refractivity contribution in [2.75, 3.05) is 12.0 Å². The Kier molecular flexibility index (Phi) is 3.93. The maximum absolute atomic E-state index is 12.2. The van der Waals surface area contributed by atoms with Crippen LogP contribution in [0.15, 0.2) is 16.1 Å². The Morgan fingerprint density at radius 1 is 1.50 bits per heavy atom. The second kappa shape index (κ2) is 5.49. The summed E-state index contributed by atoms with van der Waals surface area (Å²) in [6, 6.07) is 0. The summed E-state index contributed by atoms with van der Waals surface area (Å²) >= 11 is 1.31. The third-order valence-electron chi connectivity index (χ3n) is 2.80. The molecule has 2 aromatic heterocycles. The molecule has 7 nitrogen and oxygen atoms in total. The van der Waals surface area contributed by atoms with Crippen LogP contribution < -0.4 is 11.2 Å². The van der Waals surface area contributed by atoms with Gasteiger partial charge in [-0.05, 0) is 12.7 Å². The molecule has 0 saturated heterocycles. The van der Waals surface area contributed by atoms with Gasteiger partial charge in [-0.3, -0.25) is 4.79 Å². The molecule has 0 radical (unpaired) electrons. The van der Waals surface area contributed by atoms with Crippen molar-refractivity contribution in [2.45, 2.75) is 25.0 Å². The van der Waals surface area contributed by atoms with Gasteiger partial charge in [0.25, 0.3) is 0 Å². The molecule has 0 aliphatic rings. The number of thioether (sulfide) groups is 1. The van der Waals surface area contributed by atoms with Crippen molar-refractivity contribution in [1.29, 1.82) is 0 Å². The number of nitrogens with zero attached hydrogens (tertiary/aromatic N) is 3. The first kappa shape index (κ1) is 14.3. The largest absolute Gasteiger partial charge is 0.477 e. The average molecular weight is 294 g/mol. The van der Waals surface area contributed by atoms with Crippen molar-refractivity contribution in [2.24, 2.45) is 0 Å². The molecule has 0 amide bonds. The molecule has 2 heterocycles. The highest BCUT2D eigenvalue weighted by Gasteiger charge is 2.18. The molecule has 3 N–H and O–H groups in total. The zero-order valence-electron chi connectivity index (χ0n) is 11.1. The molecule has 0 bridgehead atoms. The minimum absolute atomic E-state index is 0.0114. The standard InChI is InChI=1S/C12H14N4O3S/c1-3-4-16-5-6(11(18)19)8(17)7-9(13)14-12(20-2)15-10(7)16/h5H,3-4H2,1-2H3,(H,18,19)(H2,13,14,15). The fraction of sp³-hybridized carbons (Fsp3) is 0.333. The Morgan fingerprint density at radius 2 is 2.20 bits per heavy atom. The molecule has 0 aliphatic heterocycles. The van der Waals surface area contributed by atoms with Crippen molar-refractivity contribution in [3.63, 3.8) is 0 Å². The Labute approximate surface area is 118 Å². The molecular formula is C12H14N4O3S. The van der Waals surface area contributed by atoms with E-state index in [-0.39, 0.29) is 16.8 Å². The fourth-order valence-corrected chi connectivity index (χ4v) is 2.30. The van der Waals surface area contributed by atoms with Gasteiger partial charge in [-0.25, -0.2) is 14.8 Å². The first-order valence-electron chi connectivity index (χ1n) is 5.97. The van der Waals surface area contributed by atoms with E-state index in [0.29, 0.717) is 17.3 Å². The molecule has 0 saturated carbocycles. The number of nitrogens with two attached hydrogens (primary N) is 1. The van der Waals surface area contributed by atoms with Crippen LogP contribution in [0.25, 0.3) is 11.0 Å². The van der Waals surface area contributed by atoms with Gasteiger partial charge in [0.1, 0.15) is 16.8 Å². The number of nitrogen functional groups attached to an aromatic ring is 1. The number of aryl methyl sites for hydroxylation is 1. The minimum Gasteiger partial charge on any atom is -0.477 e. The summed E-state index contributed by atoms with van der Waals surface area (Å²) in [5, 5.41) is 9.62. The summed E-state index contributed by atoms with van der Waals surface area (Å²) in [6.45, 7) is 2.49. The minimum atomic E-state index is -1.28. The highest BCUT2D eigenvalue weighted by atomic mass is 32.2. The van der Waals surface area contributed by atoms with Crippen LogP contribution in [-0.2, 0) is 6.54 Å². The number of carboxylic acid groups (broad SMARTS) is 1. The Balaban J connectivity index is 2.93. The molecule has 2 rings (SSSR count). The summed E-state index contributed by atoms with van der Waals surface area (Å²) in [6.07, 6.45) is 3.89. The molecule has 0 unspecified atom stereocenters. The van der Waals surface area contributed by atoms with Crippen LogP contribution in [0.4, 0.5) is 5.82 Å². The first-order valence-corrected chi connectivity index (χ1v) is 7.20. The van der Waals surface area contributed by atoms with E-state index in [1.807, 2.05) is 6.92 Å². The van der Waals surface area contributed by atoms with Crippen LogP contribution in [0.2, 0.25) is 0 Å². The summed E-state index contributed by atoms with van der Waals surface area (Å²) in [5.41, 5.74) is 5.20. The average Bonchev–Trinajstić information content (AvgIpc) is 2.40. The SMILES string of the molecule is CCCn1cc(C(=O)O)c(=O)c2c(N)nc(SC)nc21. The smallest absolute Gasteiger partial charge is 0.341 e. The third-order valence-corrected chi connectivity index (χ3v) is 3.35. The van der Waals surface area contributed by atoms with E-state index < -0.39 is 11.4 Å². The predicted molar refractivity (Wildman–Crippen MR) is 77.2 cm³/mol. The molecule has 0 fully saturated rings. The van der Waals surface area contributed by atoms with Crippen molar-refractivity contribution >= 4 is 34.6 Å². The third kappa shape index (κ3) is 2.34. The number of rotatable bonds is 4. The van der Waals surface area contributed by atoms with E-state index in [1.165, 1.54) is 18.0 Å². The summed E-state index contributed by atoms with van der Waals surface area (Å²) < 4.78 is 1.64. The molecular weight excluding hydrogens is 280 g/mol. The lowest BCUT2D eigenvalue weighted by atomic mass is 10.2. The number of carboxylic acids is 1. The quantitative estimate of drug-likeness (QED) is 0.643. The van der Waals surface area contributed by atoms with Gasteiger partial charge in [0.05, 0.1) is 0 Å². The zero-order valence-corrected chi connectivity index (χ0v) is 11.9. The molecule has 8 heteroatoms. The molecule has 2 aromatic rings. The van der Waals surface area contributed by atoms with Gasteiger partial charge in [0.2, 0.25) is 5.43 Å². The van der Waals surface area contributed by atoms with Crippen molar-refractivity contribution in [3.8, 4) is 0 Å². The van der Waals surface area contributed by atoms with Gasteiger partial charge in [-0.15, -0.1) is 0 Å². The fourth-order valence-electron chi connectivity index (χ4n) is 1.94. The van der Waals surface area contributed by atoms with Crippen LogP contribution >= 0.6 is 11.8 Å². The lowest BCUT2D eigenvalue weighted by Crippen LogP contribution is -2.21. The van der Waals surface area contributed by atoms with E-state index >= 15 is 0 Å². The van der Waals surface area contributed by atoms with Crippen LogP contribution in [0.3, 0.4) is 0 Å². The van der Waals surface area contributed by atoms with Crippen LogP contribution in [-0.4, -0.2) is 31.9 Å². The van der Waals surface area contributed by atoms with Crippen LogP contribution in [0.1, 0.15) is 23.7 Å². The normalized spacial score (nSPS) is 10.9. The Bertz CT molecular complexity index is 742. The second-order valence-corrected chi connectivity index (χ2v) is 4.94. The van der Waals surface area contributed by atoms with Gasteiger partial charge >= 0.3 is 5.97 Å². The highest BCUT2D eigenvalue weighted by molar-refractivity contribution is 7.98. The summed E-state index contributed by atoms with van der Waals surface area (Å²) in [5.74, 6) is -1.27. The number of hydrogen-bond donors (Lipinski definition) is 2. The molecule has 0 atom stereocenters. The van der Waals surface area contributed by atoms with Crippen LogP contribution in [0.5, 0.6) is 0 Å². The van der Waals surface area contributed by atoms with Gasteiger partial charge in [0, 0.05) is 12.7 Å². The van der Waals surface area contributed by atoms with Crippen molar-refractivity contribution in [1.82, 2.24) is 14.5 Å². The molecule has 0 aliphatic carbocycles. The van der Waals surface area contributed by atoms with Gasteiger partial charge < -0.3 is 15.4 Å². The van der Waals surface area contributed by atoms with Crippen molar-refractivity contribution < 1.29 is 9.90 Å². The molecule has 106 valence electrons. The Morgan fingerprint density at radius 3 is 2.75 bits per heavy atom. The zero-order chi connectivity index (χ0) is 14.9. The Hall–Kier alpha value is -2.09. The monoisotopic (exact) mass is 294 g/mol. The number of hydrogen-bond acceptors (Lipinski definition) is 6. The number of pyridine rings is 1. The van der Waals surface area contributed by atoms with E-state index in [1.54, 1.807) is 10.8 Å². The van der Waals surface area contributed by atoms with Gasteiger partial charge in [-0.2, -0.15) is 0 Å². The number of anilines is 1. The highest BCUT2D eigenvalue weighted by Crippen LogP contribution is 2.19. The topological polar surface area (TPSA) is 111 Å². The first-order chi connectivity index (χ1) is 9.49. The molecule has 0 aromatic carbocycles. The van der Waals surface area contributed by atoms with E-state index in [4.69, 9.17) is 10.8 Å². The van der Waals surface area contributed by atoms with Gasteiger partial charge in [0.15, 0.2) is 10.8 Å². The number of aromatic carboxylic acids is 1.